The van der Waals surface area contributed by atoms with Crippen molar-refractivity contribution in [2.45, 2.75) is 31.7 Å². The number of methoxy groups -OCH3 is 1. The number of rotatable bonds is 3. The Morgan fingerprint density at radius 3 is 2.73 bits per heavy atom. The standard InChI is InChI=1S/C14H15F3N2O3/c1-3-10-8-13(21,14(15,16)17)19(18-10)12(20)9-5-4-6-11(7-9)22-2/h4-7,21H,3,8H2,1-2H3/t13-/m0/s1. The monoisotopic (exact) mass is 316 g/mol. The molecule has 0 aliphatic carbocycles. The van der Waals surface area contributed by atoms with Crippen LogP contribution in [0.4, 0.5) is 13.2 Å². The summed E-state index contributed by atoms with van der Waals surface area (Å²) in [6.07, 6.45) is -5.55. The van der Waals surface area contributed by atoms with Crippen molar-refractivity contribution in [3.05, 3.63) is 29.8 Å². The topological polar surface area (TPSA) is 62.1 Å². The number of hydrogen-bond donors (Lipinski definition) is 1. The molecule has 2 rings (SSSR count). The van der Waals surface area contributed by atoms with Crippen molar-refractivity contribution in [2.75, 3.05) is 7.11 Å². The molecule has 0 unspecified atom stereocenters. The summed E-state index contributed by atoms with van der Waals surface area (Å²) in [6.45, 7) is 1.61. The number of carbonyl (C=O) groups excluding carboxylic acids is 1. The van der Waals surface area contributed by atoms with Crippen molar-refractivity contribution < 1.29 is 27.8 Å². The Bertz CT molecular complexity index is 616. The third kappa shape index (κ3) is 2.66. The largest absolute Gasteiger partial charge is 0.497 e. The van der Waals surface area contributed by atoms with Crippen LogP contribution >= 0.6 is 0 Å². The van der Waals surface area contributed by atoms with E-state index < -0.39 is 24.2 Å². The number of alkyl halides is 3. The van der Waals surface area contributed by atoms with Gasteiger partial charge in [0.25, 0.3) is 11.6 Å². The van der Waals surface area contributed by atoms with E-state index in [-0.39, 0.29) is 22.7 Å². The zero-order chi connectivity index (χ0) is 16.5. The Balaban J connectivity index is 2.42. The lowest BCUT2D eigenvalue weighted by atomic mass is 10.0. The van der Waals surface area contributed by atoms with Gasteiger partial charge in [-0.05, 0) is 24.6 Å². The number of hydrazone groups is 1. The number of amides is 1. The van der Waals surface area contributed by atoms with Gasteiger partial charge in [0.2, 0.25) is 0 Å². The first-order valence-electron chi connectivity index (χ1n) is 6.57. The van der Waals surface area contributed by atoms with Crippen molar-refractivity contribution in [2.24, 2.45) is 5.10 Å². The molecule has 1 N–H and O–H groups in total. The number of benzene rings is 1. The molecule has 0 fully saturated rings. The lowest BCUT2D eigenvalue weighted by molar-refractivity contribution is -0.297. The number of hydrogen-bond acceptors (Lipinski definition) is 4. The Kier molecular flexibility index (Phi) is 4.15. The van der Waals surface area contributed by atoms with Gasteiger partial charge in [0, 0.05) is 17.7 Å². The fourth-order valence-corrected chi connectivity index (χ4v) is 2.13. The summed E-state index contributed by atoms with van der Waals surface area (Å²) in [5, 5.41) is 13.7. The minimum atomic E-state index is -5.01. The zero-order valence-electron chi connectivity index (χ0n) is 12.0. The molecule has 0 saturated heterocycles. The molecule has 1 aliphatic rings. The van der Waals surface area contributed by atoms with Crippen LogP contribution in [0.25, 0.3) is 0 Å². The molecule has 0 saturated carbocycles. The fraction of sp³-hybridized carbons (Fsp3) is 0.429. The Morgan fingerprint density at radius 2 is 2.18 bits per heavy atom. The van der Waals surface area contributed by atoms with Gasteiger partial charge in [-0.25, -0.2) is 0 Å². The Labute approximate surface area is 125 Å². The van der Waals surface area contributed by atoms with E-state index in [1.807, 2.05) is 0 Å². The molecule has 1 atom stereocenters. The molecule has 1 heterocycles. The van der Waals surface area contributed by atoms with Gasteiger partial charge in [-0.2, -0.15) is 23.3 Å². The second-order valence-electron chi connectivity index (χ2n) is 4.86. The van der Waals surface area contributed by atoms with E-state index in [1.54, 1.807) is 13.0 Å². The summed E-state index contributed by atoms with van der Waals surface area (Å²) < 4.78 is 44.5. The Hall–Kier alpha value is -2.09. The lowest BCUT2D eigenvalue weighted by Gasteiger charge is -2.32. The first-order chi connectivity index (χ1) is 10.2. The highest BCUT2D eigenvalue weighted by atomic mass is 19.4. The van der Waals surface area contributed by atoms with Gasteiger partial charge in [-0.15, -0.1) is 0 Å². The van der Waals surface area contributed by atoms with Crippen molar-refractivity contribution in [3.8, 4) is 5.75 Å². The van der Waals surface area contributed by atoms with Gasteiger partial charge in [-0.1, -0.05) is 13.0 Å². The second kappa shape index (κ2) is 5.60. The van der Waals surface area contributed by atoms with Crippen LogP contribution in [0.15, 0.2) is 29.4 Å². The van der Waals surface area contributed by atoms with Crippen LogP contribution in [-0.4, -0.2) is 40.7 Å². The molecule has 0 spiro atoms. The fourth-order valence-electron chi connectivity index (χ4n) is 2.13. The van der Waals surface area contributed by atoms with E-state index in [9.17, 15) is 23.1 Å². The Morgan fingerprint density at radius 1 is 1.50 bits per heavy atom. The van der Waals surface area contributed by atoms with E-state index in [0.29, 0.717) is 5.75 Å². The molecular weight excluding hydrogens is 301 g/mol. The number of carbonyl (C=O) groups is 1. The maximum absolute atomic E-state index is 13.2. The summed E-state index contributed by atoms with van der Waals surface area (Å²) in [7, 11) is 1.37. The van der Waals surface area contributed by atoms with Gasteiger partial charge < -0.3 is 9.84 Å². The van der Waals surface area contributed by atoms with Crippen molar-refractivity contribution in [3.63, 3.8) is 0 Å². The minimum absolute atomic E-state index is 0.0527. The molecule has 1 aromatic rings. The molecule has 1 aromatic carbocycles. The van der Waals surface area contributed by atoms with Crippen LogP contribution in [0.1, 0.15) is 30.1 Å². The molecule has 0 radical (unpaired) electrons. The van der Waals surface area contributed by atoms with Gasteiger partial charge in [0.15, 0.2) is 0 Å². The molecule has 1 amide bonds. The zero-order valence-corrected chi connectivity index (χ0v) is 12.0. The second-order valence-corrected chi connectivity index (χ2v) is 4.86. The van der Waals surface area contributed by atoms with Gasteiger partial charge in [0.1, 0.15) is 5.75 Å². The quantitative estimate of drug-likeness (QED) is 0.932. The van der Waals surface area contributed by atoms with E-state index >= 15 is 0 Å². The third-order valence-corrected chi connectivity index (χ3v) is 3.41. The van der Waals surface area contributed by atoms with E-state index in [4.69, 9.17) is 4.74 Å². The average molecular weight is 316 g/mol. The SMILES string of the molecule is CCC1=NN(C(=O)c2cccc(OC)c2)[C@@](O)(C(F)(F)F)C1. The predicted molar refractivity (Wildman–Crippen MR) is 72.5 cm³/mol. The summed E-state index contributed by atoms with van der Waals surface area (Å²) in [6, 6.07) is 5.65. The average Bonchev–Trinajstić information content (AvgIpc) is 2.84. The van der Waals surface area contributed by atoms with Gasteiger partial charge >= 0.3 is 6.18 Å². The van der Waals surface area contributed by atoms with Crippen LogP contribution in [0.3, 0.4) is 0 Å². The molecule has 22 heavy (non-hydrogen) atoms. The van der Waals surface area contributed by atoms with E-state index in [2.05, 4.69) is 5.10 Å². The smallest absolute Gasteiger partial charge is 0.438 e. The summed E-state index contributed by atoms with van der Waals surface area (Å²) in [5.41, 5.74) is -3.27. The maximum atomic E-state index is 13.2. The lowest BCUT2D eigenvalue weighted by Crippen LogP contribution is -2.56. The minimum Gasteiger partial charge on any atom is -0.497 e. The summed E-state index contributed by atoms with van der Waals surface area (Å²) >= 11 is 0. The van der Waals surface area contributed by atoms with Gasteiger partial charge in [0.05, 0.1) is 7.11 Å². The number of nitrogens with zero attached hydrogens (tertiary/aromatic N) is 2. The maximum Gasteiger partial charge on any atom is 0.438 e. The van der Waals surface area contributed by atoms with Crippen LogP contribution in [0.2, 0.25) is 0 Å². The molecule has 120 valence electrons. The molecule has 1 aliphatic heterocycles. The van der Waals surface area contributed by atoms with Crippen LogP contribution < -0.4 is 4.74 Å². The van der Waals surface area contributed by atoms with Crippen molar-refractivity contribution >= 4 is 11.6 Å². The highest BCUT2D eigenvalue weighted by molar-refractivity contribution is 5.98. The van der Waals surface area contributed by atoms with E-state index in [1.165, 1.54) is 25.3 Å². The summed E-state index contributed by atoms with van der Waals surface area (Å²) in [5.74, 6) is -0.720. The highest BCUT2D eigenvalue weighted by Crippen LogP contribution is 2.41. The normalized spacial score (nSPS) is 21.7. The number of aliphatic hydroxyl groups is 1. The molecule has 0 bridgehead atoms. The molecule has 8 heteroatoms. The molecular formula is C14H15F3N2O3. The van der Waals surface area contributed by atoms with E-state index in [0.717, 1.165) is 0 Å². The van der Waals surface area contributed by atoms with Crippen LogP contribution in [0, 0.1) is 0 Å². The number of ether oxygens (including phenoxy) is 1. The first kappa shape index (κ1) is 16.3. The van der Waals surface area contributed by atoms with Crippen LogP contribution in [-0.2, 0) is 0 Å². The number of halogens is 3. The van der Waals surface area contributed by atoms with Gasteiger partial charge in [-0.3, -0.25) is 4.79 Å². The molecule has 5 nitrogen and oxygen atoms in total. The first-order valence-corrected chi connectivity index (χ1v) is 6.57. The van der Waals surface area contributed by atoms with Crippen LogP contribution in [0.5, 0.6) is 5.75 Å². The third-order valence-electron chi connectivity index (χ3n) is 3.41. The summed E-state index contributed by atoms with van der Waals surface area (Å²) in [4.78, 5) is 12.3. The van der Waals surface area contributed by atoms with Crippen molar-refractivity contribution in [1.29, 1.82) is 0 Å². The molecule has 0 aromatic heterocycles. The van der Waals surface area contributed by atoms with Crippen molar-refractivity contribution in [1.82, 2.24) is 5.01 Å². The predicted octanol–water partition coefficient (Wildman–Crippen LogP) is 2.56. The highest BCUT2D eigenvalue weighted by Gasteiger charge is 2.63.